The number of hydrogen-bond donors (Lipinski definition) is 1. The van der Waals surface area contributed by atoms with E-state index in [0.29, 0.717) is 25.9 Å². The molecule has 0 aromatic heterocycles. The number of amides is 2. The Balaban J connectivity index is 1.45. The van der Waals surface area contributed by atoms with Crippen molar-refractivity contribution in [2.75, 3.05) is 20.3 Å². The molecule has 2 amide bonds. The van der Waals surface area contributed by atoms with Crippen LogP contribution >= 0.6 is 0 Å². The first-order valence-electron chi connectivity index (χ1n) is 19.5. The molecule has 5 rings (SSSR count). The Labute approximate surface area is 333 Å². The Kier molecular flexibility index (Phi) is 15.0. The quantitative estimate of drug-likeness (QED) is 0.0589. The van der Waals surface area contributed by atoms with Gasteiger partial charge in [0.15, 0.2) is 0 Å². The first-order valence-corrected chi connectivity index (χ1v) is 21.4. The van der Waals surface area contributed by atoms with E-state index in [0.717, 1.165) is 27.2 Å². The summed E-state index contributed by atoms with van der Waals surface area (Å²) in [6.07, 6.45) is 4.12. The Morgan fingerprint density at radius 1 is 0.929 bits per heavy atom. The monoisotopic (exact) mass is 775 g/mol. The highest BCUT2D eigenvalue weighted by atomic mass is 28.4. The van der Waals surface area contributed by atoms with Crippen molar-refractivity contribution in [3.63, 3.8) is 0 Å². The largest absolute Gasteiger partial charge is 0.497 e. The zero-order valence-electron chi connectivity index (χ0n) is 33.4. The Hall–Kier alpha value is -4.80. The number of hydrogen-bond acceptors (Lipinski definition) is 7. The molecule has 5 atom stereocenters. The molecule has 4 aromatic carbocycles. The normalized spacial score (nSPS) is 16.9. The second-order valence-electron chi connectivity index (χ2n) is 15.5. The molecule has 0 aliphatic carbocycles. The minimum atomic E-state index is -2.94. The molecule has 1 aliphatic rings. The maximum Gasteiger partial charge on any atom is 0.416 e. The van der Waals surface area contributed by atoms with Gasteiger partial charge in [-0.25, -0.2) is 9.69 Å². The molecule has 4 aromatic rings. The highest BCUT2D eigenvalue weighted by molar-refractivity contribution is 6.99. The number of carbonyl (C=O) groups is 2. The van der Waals surface area contributed by atoms with Crippen LogP contribution in [0.3, 0.4) is 0 Å². The van der Waals surface area contributed by atoms with Gasteiger partial charge in [-0.3, -0.25) is 4.79 Å². The molecule has 1 heterocycles. The second-order valence-corrected chi connectivity index (χ2v) is 19.8. The van der Waals surface area contributed by atoms with E-state index in [1.54, 1.807) is 25.3 Å². The average molecular weight is 776 g/mol. The van der Waals surface area contributed by atoms with Gasteiger partial charge in [-0.2, -0.15) is 0 Å². The zero-order valence-corrected chi connectivity index (χ0v) is 34.4. The van der Waals surface area contributed by atoms with Gasteiger partial charge >= 0.3 is 6.09 Å². The fourth-order valence-electron chi connectivity index (χ4n) is 7.91. The van der Waals surface area contributed by atoms with Gasteiger partial charge < -0.3 is 23.7 Å². The molecular weight excluding hydrogens is 719 g/mol. The van der Waals surface area contributed by atoms with Gasteiger partial charge in [0.1, 0.15) is 12.4 Å². The molecule has 0 spiro atoms. The Bertz CT molecular complexity index is 1820. The predicted octanol–water partition coefficient (Wildman–Crippen LogP) is 7.88. The Morgan fingerprint density at radius 3 is 2.07 bits per heavy atom. The Morgan fingerprint density at radius 2 is 1.52 bits per heavy atom. The van der Waals surface area contributed by atoms with Crippen molar-refractivity contribution in [1.29, 1.82) is 0 Å². The summed E-state index contributed by atoms with van der Waals surface area (Å²) in [5.74, 6) is -1.14. The first kappa shape index (κ1) is 42.3. The van der Waals surface area contributed by atoms with Gasteiger partial charge in [-0.1, -0.05) is 142 Å². The van der Waals surface area contributed by atoms with E-state index in [1.165, 1.54) is 4.90 Å². The fourth-order valence-corrected chi connectivity index (χ4v) is 12.6. The summed E-state index contributed by atoms with van der Waals surface area (Å²) in [7, 11) is -1.32. The maximum absolute atomic E-state index is 14.8. The number of imide groups is 1. The number of allylic oxidation sites excluding steroid dienone is 1. The number of carbonyl (C=O) groups excluding carboxylic acids is 2. The average Bonchev–Trinajstić information content (AvgIpc) is 3.56. The van der Waals surface area contributed by atoms with Crippen molar-refractivity contribution in [1.82, 2.24) is 4.90 Å². The van der Waals surface area contributed by atoms with Crippen molar-refractivity contribution in [3.8, 4) is 5.75 Å². The second kappa shape index (κ2) is 19.9. The van der Waals surface area contributed by atoms with Gasteiger partial charge in [0.25, 0.3) is 8.32 Å². The summed E-state index contributed by atoms with van der Waals surface area (Å²) in [4.78, 5) is 29.4. The fraction of sp³-hybridized carbons (Fsp3) is 0.362. The van der Waals surface area contributed by atoms with E-state index in [2.05, 4.69) is 82.8 Å². The number of aliphatic hydroxyl groups is 1. The number of ether oxygens (including phenoxy) is 3. The van der Waals surface area contributed by atoms with Crippen LogP contribution in [-0.2, 0) is 31.7 Å². The molecule has 0 saturated carbocycles. The van der Waals surface area contributed by atoms with Crippen LogP contribution in [0.2, 0.25) is 5.04 Å². The first-order chi connectivity index (χ1) is 27.0. The summed E-state index contributed by atoms with van der Waals surface area (Å²) in [6, 6.07) is 37.7. The van der Waals surface area contributed by atoms with Gasteiger partial charge in [0, 0.05) is 6.10 Å². The number of nitrogens with zero attached hydrogens (tertiary/aromatic N) is 1. The number of benzene rings is 4. The number of methoxy groups -OCH3 is 1. The van der Waals surface area contributed by atoms with Crippen LogP contribution in [0.4, 0.5) is 4.79 Å². The molecule has 1 aliphatic heterocycles. The molecule has 1 fully saturated rings. The molecular formula is C47H57NO7Si. The minimum Gasteiger partial charge on any atom is -0.497 e. The van der Waals surface area contributed by atoms with Gasteiger partial charge in [-0.05, 0) is 70.8 Å². The number of rotatable bonds is 19. The van der Waals surface area contributed by atoms with E-state index >= 15 is 0 Å². The van der Waals surface area contributed by atoms with Crippen LogP contribution in [0.15, 0.2) is 140 Å². The van der Waals surface area contributed by atoms with Crippen molar-refractivity contribution in [2.45, 2.75) is 76.9 Å². The standard InChI is InChI=1S/C47H57NO7Si/c1-7-18-38(31-35(2)55-56(47(3,4)5,41-21-13-9-14-22-41)42-23-15-10-16-24-42)44(43(49)25-17-30-53-33-37-26-28-40(52-6)29-27-37)45(50)48-39(34-54-46(48)51)32-36-19-11-8-12-20-36/h7-17,19-29,35,38-39,43-44,49H,1,18,30-34H2,2-6H3/b25-17+/t35-,38-,39+,43-,44+/m0/s1. The molecule has 0 unspecified atom stereocenters. The summed E-state index contributed by atoms with van der Waals surface area (Å²) < 4.78 is 24.1. The van der Waals surface area contributed by atoms with Crippen LogP contribution in [0.5, 0.6) is 5.75 Å². The predicted molar refractivity (Wildman–Crippen MR) is 225 cm³/mol. The van der Waals surface area contributed by atoms with Crippen molar-refractivity contribution >= 4 is 30.7 Å². The topological polar surface area (TPSA) is 94.5 Å². The molecule has 0 radical (unpaired) electrons. The van der Waals surface area contributed by atoms with Crippen molar-refractivity contribution in [3.05, 3.63) is 151 Å². The third-order valence-electron chi connectivity index (χ3n) is 10.5. The lowest BCUT2D eigenvalue weighted by molar-refractivity contribution is -0.139. The smallest absolute Gasteiger partial charge is 0.416 e. The van der Waals surface area contributed by atoms with Gasteiger partial charge in [0.05, 0.1) is 38.4 Å². The lowest BCUT2D eigenvalue weighted by Gasteiger charge is -2.45. The summed E-state index contributed by atoms with van der Waals surface area (Å²) in [5.41, 5.74) is 1.96. The third kappa shape index (κ3) is 10.3. The van der Waals surface area contributed by atoms with Crippen LogP contribution in [0.1, 0.15) is 51.7 Å². The summed E-state index contributed by atoms with van der Waals surface area (Å²) in [6.45, 7) is 13.5. The molecule has 1 N–H and O–H groups in total. The van der Waals surface area contributed by atoms with E-state index < -0.39 is 44.3 Å². The zero-order chi connectivity index (χ0) is 40.1. The lowest BCUT2D eigenvalue weighted by Crippen LogP contribution is -2.67. The minimum absolute atomic E-state index is 0.0802. The highest BCUT2D eigenvalue weighted by Gasteiger charge is 2.52. The van der Waals surface area contributed by atoms with E-state index in [-0.39, 0.29) is 24.4 Å². The number of cyclic esters (lactones) is 1. The maximum atomic E-state index is 14.8. The third-order valence-corrected chi connectivity index (χ3v) is 15.7. The molecule has 1 saturated heterocycles. The van der Waals surface area contributed by atoms with Crippen molar-refractivity contribution < 1.29 is 33.3 Å². The highest BCUT2D eigenvalue weighted by Crippen LogP contribution is 2.39. The van der Waals surface area contributed by atoms with Crippen LogP contribution in [0, 0.1) is 11.8 Å². The van der Waals surface area contributed by atoms with E-state index in [1.807, 2.05) is 66.7 Å². The van der Waals surface area contributed by atoms with E-state index in [9.17, 15) is 14.7 Å². The van der Waals surface area contributed by atoms with Gasteiger partial charge in [0.2, 0.25) is 5.91 Å². The molecule has 0 bridgehead atoms. The lowest BCUT2D eigenvalue weighted by atomic mass is 9.80. The van der Waals surface area contributed by atoms with Gasteiger partial charge in [-0.15, -0.1) is 6.58 Å². The molecule has 56 heavy (non-hydrogen) atoms. The van der Waals surface area contributed by atoms with Crippen LogP contribution in [-0.4, -0.2) is 68.9 Å². The SMILES string of the molecule is C=CC[C@@H](C[C@H](C)O[Si](c1ccccc1)(c1ccccc1)C(C)(C)C)[C@@H](C(=O)N1C(=O)OC[C@H]1Cc1ccccc1)[C@@H](O)/C=C/COCc1ccc(OC)cc1. The van der Waals surface area contributed by atoms with E-state index in [4.69, 9.17) is 18.6 Å². The summed E-state index contributed by atoms with van der Waals surface area (Å²) >= 11 is 0. The van der Waals surface area contributed by atoms with Crippen LogP contribution < -0.4 is 15.1 Å². The summed E-state index contributed by atoms with van der Waals surface area (Å²) in [5, 5.41) is 14.0. The molecule has 296 valence electrons. The van der Waals surface area contributed by atoms with Crippen LogP contribution in [0.25, 0.3) is 0 Å². The molecule has 9 heteroatoms. The molecule has 8 nitrogen and oxygen atoms in total. The number of aliphatic hydroxyl groups excluding tert-OH is 1. The van der Waals surface area contributed by atoms with Crippen molar-refractivity contribution in [2.24, 2.45) is 11.8 Å².